The summed E-state index contributed by atoms with van der Waals surface area (Å²) in [6.07, 6.45) is -2.68. The lowest BCUT2D eigenvalue weighted by Gasteiger charge is -2.33. The minimum absolute atomic E-state index is 0.0904. The van der Waals surface area contributed by atoms with Crippen molar-refractivity contribution in [2.45, 2.75) is 25.0 Å². The molecule has 0 spiro atoms. The third kappa shape index (κ3) is 4.70. The van der Waals surface area contributed by atoms with Crippen LogP contribution in [0.15, 0.2) is 35.5 Å². The number of Topliss-reactive ketones (excluding diaryl/α,β-unsaturated/α-hetero) is 1. The van der Waals surface area contributed by atoms with E-state index in [1.165, 1.54) is 6.07 Å². The SMILES string of the molecule is [2H]C([2H])([2H])OCc1cc(OC([2H])([2H])[2H])cnc1C(=O)Cc1ccc(F)c([C@]2(C(F)F)COCC(N)=N2)c1. The zero-order valence-corrected chi connectivity index (χ0v) is 16.0. The highest BCUT2D eigenvalue weighted by atomic mass is 19.3. The monoisotopic (exact) mass is 443 g/mol. The van der Waals surface area contributed by atoms with Crippen molar-refractivity contribution >= 4 is 11.6 Å². The lowest BCUT2D eigenvalue weighted by Crippen LogP contribution is -2.45. The largest absolute Gasteiger partial charge is 0.495 e. The van der Waals surface area contributed by atoms with Crippen LogP contribution in [-0.4, -0.2) is 50.3 Å². The van der Waals surface area contributed by atoms with Crippen molar-refractivity contribution < 1.29 is 40.4 Å². The van der Waals surface area contributed by atoms with E-state index in [1.807, 2.05) is 0 Å². The van der Waals surface area contributed by atoms with Gasteiger partial charge in [-0.1, -0.05) is 6.07 Å². The maximum absolute atomic E-state index is 14.7. The first-order valence-corrected chi connectivity index (χ1v) is 8.94. The average molecular weight is 443 g/mol. The molecular formula is C21H22F3N3O4. The zero-order valence-electron chi connectivity index (χ0n) is 22.0. The number of alkyl halides is 2. The summed E-state index contributed by atoms with van der Waals surface area (Å²) in [5.41, 5.74) is 2.39. The molecular weight excluding hydrogens is 415 g/mol. The first-order valence-electron chi connectivity index (χ1n) is 11.9. The Morgan fingerprint density at radius 1 is 1.39 bits per heavy atom. The van der Waals surface area contributed by atoms with Gasteiger partial charge in [0.1, 0.15) is 29.7 Å². The number of rotatable bonds is 8. The number of aromatic nitrogens is 1. The van der Waals surface area contributed by atoms with E-state index in [2.05, 4.69) is 9.98 Å². The quantitative estimate of drug-likeness (QED) is 0.631. The molecule has 2 heterocycles. The van der Waals surface area contributed by atoms with Crippen LogP contribution >= 0.6 is 0 Å². The van der Waals surface area contributed by atoms with Crippen LogP contribution in [0, 0.1) is 5.82 Å². The number of aliphatic imine (C=N–C) groups is 1. The number of pyridine rings is 1. The van der Waals surface area contributed by atoms with Gasteiger partial charge in [-0.3, -0.25) is 9.79 Å². The van der Waals surface area contributed by atoms with Crippen LogP contribution in [0.3, 0.4) is 0 Å². The lowest BCUT2D eigenvalue weighted by molar-refractivity contribution is -0.0146. The number of ether oxygens (including phenoxy) is 3. The van der Waals surface area contributed by atoms with Gasteiger partial charge < -0.3 is 19.9 Å². The normalized spacial score (nSPS) is 22.4. The number of carbonyl (C=O) groups is 1. The molecule has 3 rings (SSSR count). The Morgan fingerprint density at radius 2 is 2.23 bits per heavy atom. The Balaban J connectivity index is 1.95. The Labute approximate surface area is 185 Å². The van der Waals surface area contributed by atoms with Crippen LogP contribution in [0.25, 0.3) is 0 Å². The van der Waals surface area contributed by atoms with E-state index in [-0.39, 0.29) is 35.0 Å². The van der Waals surface area contributed by atoms with Crippen LogP contribution in [0.5, 0.6) is 5.75 Å². The van der Waals surface area contributed by atoms with Gasteiger partial charge in [0, 0.05) is 24.6 Å². The van der Waals surface area contributed by atoms with E-state index in [9.17, 15) is 18.0 Å². The molecule has 166 valence electrons. The molecule has 1 aromatic carbocycles. The molecule has 7 nitrogen and oxygen atoms in total. The number of benzene rings is 1. The molecule has 1 atom stereocenters. The fourth-order valence-corrected chi connectivity index (χ4v) is 3.27. The van der Waals surface area contributed by atoms with E-state index in [0.717, 1.165) is 24.4 Å². The van der Waals surface area contributed by atoms with E-state index >= 15 is 0 Å². The molecule has 1 aliphatic heterocycles. The maximum Gasteiger partial charge on any atom is 0.269 e. The number of hydrogen-bond donors (Lipinski definition) is 1. The Morgan fingerprint density at radius 3 is 2.94 bits per heavy atom. The molecule has 0 saturated heterocycles. The van der Waals surface area contributed by atoms with Gasteiger partial charge in [0.25, 0.3) is 6.43 Å². The van der Waals surface area contributed by atoms with Crippen molar-refractivity contribution in [3.05, 3.63) is 58.7 Å². The summed E-state index contributed by atoms with van der Waals surface area (Å²) in [5, 5.41) is 0. The summed E-state index contributed by atoms with van der Waals surface area (Å²) < 4.78 is 101. The molecule has 0 amide bonds. The first kappa shape index (κ1) is 15.8. The third-order valence-electron chi connectivity index (χ3n) is 4.69. The van der Waals surface area contributed by atoms with Gasteiger partial charge in [0.2, 0.25) is 0 Å². The standard InChI is InChI=1S/C21H22F3N3O4/c1-29-9-13-7-14(30-2)8-26-19(13)17(28)6-12-3-4-16(22)15(5-12)21(20(23)24)11-31-10-18(25)27-21/h3-5,7-8,20H,6,9-11H2,1-2H3,(H2,25,27)/t21-/m0/s1/i1D3,2D3. The van der Waals surface area contributed by atoms with Gasteiger partial charge in [-0.2, -0.15) is 0 Å². The van der Waals surface area contributed by atoms with Crippen molar-refractivity contribution in [3.63, 3.8) is 0 Å². The first-order chi connectivity index (χ1) is 17.1. The number of amidine groups is 1. The van der Waals surface area contributed by atoms with Gasteiger partial charge >= 0.3 is 0 Å². The Bertz CT molecular complexity index is 1190. The zero-order chi connectivity index (χ0) is 27.6. The Hall–Kier alpha value is -2.98. The molecule has 0 bridgehead atoms. The highest BCUT2D eigenvalue weighted by Gasteiger charge is 2.46. The Kier molecular flexibility index (Phi) is 4.80. The second-order valence-corrected chi connectivity index (χ2v) is 6.80. The summed E-state index contributed by atoms with van der Waals surface area (Å²) in [4.78, 5) is 20.7. The van der Waals surface area contributed by atoms with Crippen LogP contribution in [0.1, 0.15) is 35.4 Å². The minimum Gasteiger partial charge on any atom is -0.495 e. The molecule has 31 heavy (non-hydrogen) atoms. The predicted octanol–water partition coefficient (Wildman–Crippen LogP) is 2.65. The maximum atomic E-state index is 14.7. The molecule has 1 aliphatic rings. The molecule has 0 unspecified atom stereocenters. The number of carbonyl (C=O) groups excluding carboxylic acids is 1. The summed E-state index contributed by atoms with van der Waals surface area (Å²) in [6.45, 7) is -1.47. The van der Waals surface area contributed by atoms with Gasteiger partial charge in [-0.15, -0.1) is 0 Å². The molecule has 0 saturated carbocycles. The molecule has 0 fully saturated rings. The number of ketones is 1. The number of halogens is 3. The van der Waals surface area contributed by atoms with E-state index in [4.69, 9.17) is 28.2 Å². The number of nitrogens with zero attached hydrogens (tertiary/aromatic N) is 2. The summed E-state index contributed by atoms with van der Waals surface area (Å²) in [7, 11) is -5.67. The second kappa shape index (κ2) is 9.44. The van der Waals surface area contributed by atoms with Crippen molar-refractivity contribution in [1.82, 2.24) is 4.98 Å². The van der Waals surface area contributed by atoms with Crippen LogP contribution in [0.4, 0.5) is 13.2 Å². The molecule has 10 heteroatoms. The summed E-state index contributed by atoms with van der Waals surface area (Å²) in [6, 6.07) is 4.26. The summed E-state index contributed by atoms with van der Waals surface area (Å²) >= 11 is 0. The van der Waals surface area contributed by atoms with Gasteiger partial charge in [0.05, 0.1) is 34.7 Å². The number of methoxy groups -OCH3 is 2. The smallest absolute Gasteiger partial charge is 0.269 e. The van der Waals surface area contributed by atoms with Crippen LogP contribution in [0.2, 0.25) is 0 Å². The fraction of sp³-hybridized carbons (Fsp3) is 0.381. The molecule has 0 aliphatic carbocycles. The fourth-order valence-electron chi connectivity index (χ4n) is 3.27. The second-order valence-electron chi connectivity index (χ2n) is 6.80. The van der Waals surface area contributed by atoms with Gasteiger partial charge in [-0.25, -0.2) is 18.2 Å². The average Bonchev–Trinajstić information content (AvgIpc) is 2.77. The minimum atomic E-state index is -3.18. The lowest BCUT2D eigenvalue weighted by atomic mass is 9.88. The van der Waals surface area contributed by atoms with E-state index in [0.29, 0.717) is 0 Å². The highest BCUT2D eigenvalue weighted by Crippen LogP contribution is 2.37. The predicted molar refractivity (Wildman–Crippen MR) is 106 cm³/mol. The van der Waals surface area contributed by atoms with E-state index < -0.39 is 62.8 Å². The third-order valence-corrected chi connectivity index (χ3v) is 4.69. The number of hydrogen-bond acceptors (Lipinski definition) is 7. The van der Waals surface area contributed by atoms with Crippen molar-refractivity contribution in [3.8, 4) is 5.75 Å². The highest BCUT2D eigenvalue weighted by molar-refractivity contribution is 5.97. The summed E-state index contributed by atoms with van der Waals surface area (Å²) in [5.74, 6) is -2.22. The van der Waals surface area contributed by atoms with Crippen molar-refractivity contribution in [2.75, 3.05) is 27.3 Å². The number of nitrogens with two attached hydrogens (primary N) is 1. The van der Waals surface area contributed by atoms with Gasteiger partial charge in [0.15, 0.2) is 11.3 Å². The van der Waals surface area contributed by atoms with Crippen LogP contribution < -0.4 is 10.5 Å². The van der Waals surface area contributed by atoms with Gasteiger partial charge in [-0.05, 0) is 23.8 Å². The van der Waals surface area contributed by atoms with Crippen LogP contribution in [-0.2, 0) is 28.0 Å². The molecule has 2 N–H and O–H groups in total. The van der Waals surface area contributed by atoms with Crippen molar-refractivity contribution in [1.29, 1.82) is 0 Å². The molecule has 0 radical (unpaired) electrons. The molecule has 1 aromatic heterocycles. The molecule has 2 aromatic rings. The van der Waals surface area contributed by atoms with Crippen molar-refractivity contribution in [2.24, 2.45) is 10.7 Å². The van der Waals surface area contributed by atoms with E-state index in [1.54, 1.807) is 0 Å². The topological polar surface area (TPSA) is 96.0 Å².